The van der Waals surface area contributed by atoms with Gasteiger partial charge in [0.25, 0.3) is 0 Å². The van der Waals surface area contributed by atoms with Crippen LogP contribution < -0.4 is 20.7 Å². The number of aromatic nitrogens is 1. The van der Waals surface area contributed by atoms with Gasteiger partial charge < -0.3 is 29.8 Å². The van der Waals surface area contributed by atoms with Crippen molar-refractivity contribution in [3.05, 3.63) is 81.5 Å². The first-order chi connectivity index (χ1) is 17.9. The number of benzene rings is 3. The fraction of sp³-hybridized carbons (Fsp3) is 0.310. The molecule has 0 saturated carbocycles. The monoisotopic (exact) mass is 554 g/mol. The Kier molecular flexibility index (Phi) is 8.24. The van der Waals surface area contributed by atoms with E-state index >= 15 is 0 Å². The average molecular weight is 555 g/mol. The second-order valence-corrected chi connectivity index (χ2v) is 11.3. The van der Waals surface area contributed by atoms with Crippen LogP contribution in [0.1, 0.15) is 50.3 Å². The van der Waals surface area contributed by atoms with E-state index in [-0.39, 0.29) is 16.1 Å². The minimum Gasteiger partial charge on any atom is -0.491 e. The predicted octanol–water partition coefficient (Wildman–Crippen LogP) is 5.90. The van der Waals surface area contributed by atoms with Gasteiger partial charge in [-0.25, -0.2) is 0 Å². The molecule has 0 fully saturated rings. The number of ether oxygens (including phenoxy) is 2. The number of halogens is 2. The Labute approximate surface area is 234 Å². The van der Waals surface area contributed by atoms with E-state index in [2.05, 4.69) is 56.7 Å². The molecule has 4 rings (SSSR count). The van der Waals surface area contributed by atoms with Crippen molar-refractivity contribution in [3.63, 3.8) is 0 Å². The fourth-order valence-corrected chi connectivity index (χ4v) is 5.24. The molecule has 0 aliphatic rings. The normalized spacial score (nSPS) is 11.8. The van der Waals surface area contributed by atoms with E-state index in [9.17, 15) is 10.0 Å². The first kappa shape index (κ1) is 28.2. The first-order valence-electron chi connectivity index (χ1n) is 12.5. The average Bonchev–Trinajstić information content (AvgIpc) is 3.23. The van der Waals surface area contributed by atoms with Gasteiger partial charge in [0.1, 0.15) is 11.6 Å². The van der Waals surface area contributed by atoms with E-state index in [4.69, 9.17) is 38.4 Å². The Morgan fingerprint density at radius 2 is 1.74 bits per heavy atom. The van der Waals surface area contributed by atoms with Crippen LogP contribution in [0.3, 0.4) is 0 Å². The van der Waals surface area contributed by atoms with Crippen LogP contribution in [0.4, 0.5) is 5.69 Å². The lowest BCUT2D eigenvalue weighted by molar-refractivity contribution is 0.285. The van der Waals surface area contributed by atoms with Gasteiger partial charge in [0.15, 0.2) is 11.5 Å². The summed E-state index contributed by atoms with van der Waals surface area (Å²) < 4.78 is 13.8. The van der Waals surface area contributed by atoms with Crippen LogP contribution in [0, 0.1) is 0 Å². The van der Waals surface area contributed by atoms with Crippen molar-refractivity contribution in [2.45, 2.75) is 52.2 Å². The molecule has 200 valence electrons. The van der Waals surface area contributed by atoms with Crippen molar-refractivity contribution >= 4 is 52.4 Å². The maximum Gasteiger partial charge on any atom is 0.488 e. The quantitative estimate of drug-likeness (QED) is 0.177. The van der Waals surface area contributed by atoms with E-state index in [1.807, 2.05) is 12.1 Å². The molecule has 9 heteroatoms. The highest BCUT2D eigenvalue weighted by atomic mass is 35.5. The lowest BCUT2D eigenvalue weighted by Gasteiger charge is -2.27. The van der Waals surface area contributed by atoms with Gasteiger partial charge in [0, 0.05) is 35.1 Å². The molecule has 3 aromatic carbocycles. The molecular weight excluding hydrogens is 522 g/mol. The summed E-state index contributed by atoms with van der Waals surface area (Å²) in [7, 11) is 0.0322. The van der Waals surface area contributed by atoms with Gasteiger partial charge in [-0.05, 0) is 34.1 Å². The lowest BCUT2D eigenvalue weighted by Crippen LogP contribution is -2.31. The van der Waals surface area contributed by atoms with Crippen molar-refractivity contribution in [3.8, 4) is 11.5 Å². The topological polar surface area (TPSA) is 89.9 Å². The molecular formula is C29H33BCl2N2O4. The second kappa shape index (κ2) is 11.1. The van der Waals surface area contributed by atoms with Crippen molar-refractivity contribution in [1.82, 2.24) is 4.57 Å². The maximum absolute atomic E-state index is 9.45. The predicted molar refractivity (Wildman–Crippen MR) is 157 cm³/mol. The molecule has 0 aliphatic carbocycles. The third-order valence-corrected chi connectivity index (χ3v) is 7.62. The van der Waals surface area contributed by atoms with Crippen LogP contribution >= 0.6 is 23.2 Å². The highest BCUT2D eigenvalue weighted by Gasteiger charge is 2.24. The highest BCUT2D eigenvalue weighted by Crippen LogP contribution is 2.43. The van der Waals surface area contributed by atoms with Gasteiger partial charge in [-0.15, -0.1) is 0 Å². The van der Waals surface area contributed by atoms with Crippen LogP contribution in [-0.2, 0) is 18.6 Å². The molecule has 0 spiro atoms. The molecule has 0 saturated heterocycles. The summed E-state index contributed by atoms with van der Waals surface area (Å²) in [4.78, 5) is 0. The number of nitrogen functional groups attached to an aromatic ring is 1. The van der Waals surface area contributed by atoms with Crippen molar-refractivity contribution in [1.29, 1.82) is 0 Å². The van der Waals surface area contributed by atoms with E-state index in [0.29, 0.717) is 34.5 Å². The number of methoxy groups -OCH3 is 1. The zero-order valence-corrected chi connectivity index (χ0v) is 23.8. The molecule has 0 amide bonds. The van der Waals surface area contributed by atoms with E-state index in [1.54, 1.807) is 18.2 Å². The maximum atomic E-state index is 9.45. The van der Waals surface area contributed by atoms with Crippen molar-refractivity contribution in [2.75, 3.05) is 12.8 Å². The Morgan fingerprint density at radius 3 is 2.34 bits per heavy atom. The SMILES string of the molecule is COc1c(OCc2ccc3c(C(C)C)cn(CC(C)(C)c4ccc(B(O)O)cc4)c3c2)cc(Cl)c(N)c1Cl. The molecule has 0 aliphatic heterocycles. The van der Waals surface area contributed by atoms with E-state index in [0.717, 1.165) is 23.2 Å². The molecule has 0 atom stereocenters. The molecule has 0 bridgehead atoms. The molecule has 4 aromatic rings. The summed E-state index contributed by atoms with van der Waals surface area (Å²) in [5.74, 6) is 1.13. The van der Waals surface area contributed by atoms with Crippen LogP contribution in [0.2, 0.25) is 10.0 Å². The summed E-state index contributed by atoms with van der Waals surface area (Å²) in [6.45, 7) is 9.79. The minimum atomic E-state index is -1.48. The Hall–Kier alpha value is -2.84. The number of hydrogen-bond acceptors (Lipinski definition) is 5. The number of nitrogens with zero attached hydrogens (tertiary/aromatic N) is 1. The van der Waals surface area contributed by atoms with Gasteiger partial charge in [0.05, 0.1) is 17.8 Å². The van der Waals surface area contributed by atoms with Crippen LogP contribution in [0.15, 0.2) is 54.7 Å². The lowest BCUT2D eigenvalue weighted by atomic mass is 9.77. The van der Waals surface area contributed by atoms with Gasteiger partial charge >= 0.3 is 7.12 Å². The summed E-state index contributed by atoms with van der Waals surface area (Å²) in [6, 6.07) is 15.4. The third-order valence-electron chi connectivity index (χ3n) is 6.93. The van der Waals surface area contributed by atoms with Gasteiger partial charge in [0.2, 0.25) is 0 Å². The number of rotatable bonds is 9. The standard InChI is InChI=1S/C29H33BCl2N2O4/c1-17(2)22-14-34(16-29(3,4)19-7-9-20(10-8-19)30(35)36)24-12-18(6-11-21(22)24)15-38-25-13-23(31)27(33)26(32)28(25)37-5/h6-14,17,35-36H,15-16,33H2,1-5H3. The first-order valence-corrected chi connectivity index (χ1v) is 13.2. The summed E-state index contributed by atoms with van der Waals surface area (Å²) in [5, 5.41) is 20.6. The Balaban J connectivity index is 1.66. The minimum absolute atomic E-state index is 0.212. The molecule has 0 unspecified atom stereocenters. The molecule has 0 radical (unpaired) electrons. The zero-order chi connectivity index (χ0) is 27.8. The number of anilines is 1. The fourth-order valence-electron chi connectivity index (χ4n) is 4.72. The molecule has 4 N–H and O–H groups in total. The van der Waals surface area contributed by atoms with Crippen LogP contribution in [0.25, 0.3) is 10.9 Å². The molecule has 1 aromatic heterocycles. The van der Waals surface area contributed by atoms with Crippen LogP contribution in [0.5, 0.6) is 11.5 Å². The number of hydrogen-bond donors (Lipinski definition) is 3. The van der Waals surface area contributed by atoms with Crippen molar-refractivity contribution < 1.29 is 19.5 Å². The Morgan fingerprint density at radius 1 is 1.05 bits per heavy atom. The number of fused-ring (bicyclic) bond motifs is 1. The van der Waals surface area contributed by atoms with Crippen LogP contribution in [-0.4, -0.2) is 28.8 Å². The molecule has 1 heterocycles. The largest absolute Gasteiger partial charge is 0.491 e. The van der Waals surface area contributed by atoms with Gasteiger partial charge in [-0.2, -0.15) is 0 Å². The summed E-state index contributed by atoms with van der Waals surface area (Å²) in [6.07, 6.45) is 2.23. The molecule has 38 heavy (non-hydrogen) atoms. The second-order valence-electron chi connectivity index (χ2n) is 10.5. The zero-order valence-electron chi connectivity index (χ0n) is 22.3. The van der Waals surface area contributed by atoms with Gasteiger partial charge in [-0.3, -0.25) is 0 Å². The third kappa shape index (κ3) is 5.62. The summed E-state index contributed by atoms with van der Waals surface area (Å²) in [5.41, 5.74) is 10.9. The molecule has 6 nitrogen and oxygen atoms in total. The Bertz CT molecular complexity index is 1450. The highest BCUT2D eigenvalue weighted by molar-refractivity contribution is 6.58. The van der Waals surface area contributed by atoms with E-state index in [1.165, 1.54) is 18.1 Å². The summed E-state index contributed by atoms with van der Waals surface area (Å²) >= 11 is 12.5. The van der Waals surface area contributed by atoms with Crippen molar-refractivity contribution in [2.24, 2.45) is 0 Å². The smallest absolute Gasteiger partial charge is 0.488 e. The van der Waals surface area contributed by atoms with Gasteiger partial charge in [-0.1, -0.05) is 87.3 Å². The van der Waals surface area contributed by atoms with E-state index < -0.39 is 7.12 Å². The number of nitrogens with two attached hydrogens (primary N) is 1.